The van der Waals surface area contributed by atoms with Crippen molar-refractivity contribution in [1.82, 2.24) is 9.80 Å². The SMILES string of the molecule is CN(C)C1CCN(C(N)=O)C1. The minimum Gasteiger partial charge on any atom is -0.351 e. The van der Waals surface area contributed by atoms with Gasteiger partial charge in [0.15, 0.2) is 0 Å². The van der Waals surface area contributed by atoms with Gasteiger partial charge in [0.05, 0.1) is 0 Å². The van der Waals surface area contributed by atoms with E-state index in [9.17, 15) is 4.79 Å². The van der Waals surface area contributed by atoms with Gasteiger partial charge in [0.25, 0.3) is 0 Å². The van der Waals surface area contributed by atoms with E-state index in [4.69, 9.17) is 5.73 Å². The predicted molar refractivity (Wildman–Crippen MR) is 43.2 cm³/mol. The van der Waals surface area contributed by atoms with Crippen molar-refractivity contribution in [3.63, 3.8) is 0 Å². The first-order chi connectivity index (χ1) is 5.11. The Bertz CT molecular complexity index is 158. The number of nitrogens with zero attached hydrogens (tertiary/aromatic N) is 2. The molecule has 0 saturated carbocycles. The van der Waals surface area contributed by atoms with Crippen LogP contribution in [-0.2, 0) is 0 Å². The van der Waals surface area contributed by atoms with E-state index in [1.165, 1.54) is 0 Å². The van der Waals surface area contributed by atoms with Gasteiger partial charge in [-0.2, -0.15) is 0 Å². The quantitative estimate of drug-likeness (QED) is 0.568. The Labute approximate surface area is 66.9 Å². The lowest BCUT2D eigenvalue weighted by Gasteiger charge is -2.18. The molecule has 1 saturated heterocycles. The molecular formula is C7H15N3O. The van der Waals surface area contributed by atoms with E-state index in [0.717, 1.165) is 19.5 Å². The summed E-state index contributed by atoms with van der Waals surface area (Å²) < 4.78 is 0. The molecule has 0 aliphatic carbocycles. The summed E-state index contributed by atoms with van der Waals surface area (Å²) in [5, 5.41) is 0. The third kappa shape index (κ3) is 1.83. The number of likely N-dealkylation sites (N-methyl/N-ethyl adjacent to an activating group) is 1. The number of hydrogen-bond acceptors (Lipinski definition) is 2. The van der Waals surface area contributed by atoms with Gasteiger partial charge in [0.2, 0.25) is 0 Å². The number of carbonyl (C=O) groups excluding carboxylic acids is 1. The molecular weight excluding hydrogens is 142 g/mol. The minimum absolute atomic E-state index is 0.297. The van der Waals surface area contributed by atoms with Crippen LogP contribution in [0.2, 0.25) is 0 Å². The second-order valence-corrected chi connectivity index (χ2v) is 3.19. The normalized spacial score (nSPS) is 24.6. The van der Waals surface area contributed by atoms with Crippen molar-refractivity contribution in [2.75, 3.05) is 27.2 Å². The third-order valence-corrected chi connectivity index (χ3v) is 2.21. The molecule has 1 fully saturated rings. The topological polar surface area (TPSA) is 49.6 Å². The molecule has 0 aromatic heterocycles. The van der Waals surface area contributed by atoms with Gasteiger partial charge in [0.1, 0.15) is 0 Å². The number of likely N-dealkylation sites (tertiary alicyclic amines) is 1. The molecule has 0 aromatic rings. The van der Waals surface area contributed by atoms with Gasteiger partial charge >= 0.3 is 6.03 Å². The highest BCUT2D eigenvalue weighted by Crippen LogP contribution is 2.11. The number of carbonyl (C=O) groups is 1. The average molecular weight is 157 g/mol. The van der Waals surface area contributed by atoms with E-state index in [1.807, 2.05) is 14.1 Å². The summed E-state index contributed by atoms with van der Waals surface area (Å²) in [5.41, 5.74) is 5.13. The molecule has 2 N–H and O–H groups in total. The summed E-state index contributed by atoms with van der Waals surface area (Å²) >= 11 is 0. The fraction of sp³-hybridized carbons (Fsp3) is 0.857. The number of primary amides is 1. The Hall–Kier alpha value is -0.770. The summed E-state index contributed by atoms with van der Waals surface area (Å²) in [7, 11) is 4.05. The first-order valence-corrected chi connectivity index (χ1v) is 3.82. The van der Waals surface area contributed by atoms with E-state index in [1.54, 1.807) is 4.90 Å². The second-order valence-electron chi connectivity index (χ2n) is 3.19. The van der Waals surface area contributed by atoms with Crippen LogP contribution in [0.5, 0.6) is 0 Å². The van der Waals surface area contributed by atoms with Gasteiger partial charge < -0.3 is 15.5 Å². The van der Waals surface area contributed by atoms with Crippen LogP contribution in [0.15, 0.2) is 0 Å². The molecule has 1 unspecified atom stereocenters. The Morgan fingerprint density at radius 1 is 1.64 bits per heavy atom. The number of rotatable bonds is 1. The lowest BCUT2D eigenvalue weighted by atomic mass is 10.2. The van der Waals surface area contributed by atoms with Crippen molar-refractivity contribution in [2.24, 2.45) is 5.73 Å². The highest BCUT2D eigenvalue weighted by atomic mass is 16.2. The van der Waals surface area contributed by atoms with Crippen molar-refractivity contribution in [2.45, 2.75) is 12.5 Å². The summed E-state index contributed by atoms with van der Waals surface area (Å²) in [6.07, 6.45) is 1.04. The molecule has 1 aliphatic rings. The fourth-order valence-electron chi connectivity index (χ4n) is 1.36. The van der Waals surface area contributed by atoms with E-state index in [0.29, 0.717) is 6.04 Å². The maximum absolute atomic E-state index is 10.7. The first-order valence-electron chi connectivity index (χ1n) is 3.82. The third-order valence-electron chi connectivity index (χ3n) is 2.21. The van der Waals surface area contributed by atoms with Crippen molar-refractivity contribution in [3.05, 3.63) is 0 Å². The molecule has 4 nitrogen and oxygen atoms in total. The van der Waals surface area contributed by atoms with Crippen molar-refractivity contribution >= 4 is 6.03 Å². The second kappa shape index (κ2) is 3.09. The van der Waals surface area contributed by atoms with Crippen LogP contribution < -0.4 is 5.73 Å². The van der Waals surface area contributed by atoms with Crippen LogP contribution in [0, 0.1) is 0 Å². The Kier molecular flexibility index (Phi) is 2.34. The molecule has 1 rings (SSSR count). The number of nitrogens with two attached hydrogens (primary N) is 1. The summed E-state index contributed by atoms with van der Waals surface area (Å²) in [6, 6.07) is 0.192. The summed E-state index contributed by atoms with van der Waals surface area (Å²) in [6.45, 7) is 1.58. The van der Waals surface area contributed by atoms with E-state index in [-0.39, 0.29) is 6.03 Å². The van der Waals surface area contributed by atoms with Crippen molar-refractivity contribution in [3.8, 4) is 0 Å². The standard InChI is InChI=1S/C7H15N3O/c1-9(2)6-3-4-10(5-6)7(8)11/h6H,3-5H2,1-2H3,(H2,8,11). The van der Waals surface area contributed by atoms with Gasteiger partial charge in [-0.05, 0) is 20.5 Å². The van der Waals surface area contributed by atoms with Crippen LogP contribution in [0.25, 0.3) is 0 Å². The van der Waals surface area contributed by atoms with Crippen molar-refractivity contribution < 1.29 is 4.79 Å². The Balaban J connectivity index is 2.41. The molecule has 11 heavy (non-hydrogen) atoms. The van der Waals surface area contributed by atoms with Crippen LogP contribution in [0.4, 0.5) is 4.79 Å². The van der Waals surface area contributed by atoms with Gasteiger partial charge in [-0.1, -0.05) is 0 Å². The molecule has 0 bridgehead atoms. The molecule has 64 valence electrons. The van der Waals surface area contributed by atoms with Gasteiger partial charge in [-0.3, -0.25) is 0 Å². The van der Waals surface area contributed by atoms with Gasteiger partial charge in [-0.25, -0.2) is 4.79 Å². The molecule has 4 heteroatoms. The van der Waals surface area contributed by atoms with Crippen LogP contribution in [0.3, 0.4) is 0 Å². The zero-order valence-electron chi connectivity index (χ0n) is 7.08. The maximum atomic E-state index is 10.7. The lowest BCUT2D eigenvalue weighted by Crippen LogP contribution is -2.37. The van der Waals surface area contributed by atoms with Crippen molar-refractivity contribution in [1.29, 1.82) is 0 Å². The number of amides is 2. The first kappa shape index (κ1) is 8.33. The van der Waals surface area contributed by atoms with E-state index in [2.05, 4.69) is 4.90 Å². The van der Waals surface area contributed by atoms with Gasteiger partial charge in [0, 0.05) is 19.1 Å². The van der Waals surface area contributed by atoms with Crippen LogP contribution >= 0.6 is 0 Å². The lowest BCUT2D eigenvalue weighted by molar-refractivity contribution is 0.212. The molecule has 0 spiro atoms. The number of hydrogen-bond donors (Lipinski definition) is 1. The van der Waals surface area contributed by atoms with Gasteiger partial charge in [-0.15, -0.1) is 0 Å². The molecule has 1 aliphatic heterocycles. The largest absolute Gasteiger partial charge is 0.351 e. The average Bonchev–Trinajstić information content (AvgIpc) is 2.33. The molecule has 2 amide bonds. The summed E-state index contributed by atoms with van der Waals surface area (Å²) in [5.74, 6) is 0. The molecule has 0 radical (unpaired) electrons. The highest BCUT2D eigenvalue weighted by molar-refractivity contribution is 5.72. The number of urea groups is 1. The smallest absolute Gasteiger partial charge is 0.314 e. The molecule has 0 aromatic carbocycles. The fourth-order valence-corrected chi connectivity index (χ4v) is 1.36. The zero-order valence-corrected chi connectivity index (χ0v) is 7.08. The van der Waals surface area contributed by atoms with Crippen LogP contribution in [-0.4, -0.2) is 49.1 Å². The summed E-state index contributed by atoms with van der Waals surface area (Å²) in [4.78, 5) is 14.5. The highest BCUT2D eigenvalue weighted by Gasteiger charge is 2.25. The molecule has 1 atom stereocenters. The van der Waals surface area contributed by atoms with Crippen LogP contribution in [0.1, 0.15) is 6.42 Å². The molecule has 1 heterocycles. The zero-order chi connectivity index (χ0) is 8.43. The van der Waals surface area contributed by atoms with E-state index >= 15 is 0 Å². The monoisotopic (exact) mass is 157 g/mol. The predicted octanol–water partition coefficient (Wildman–Crippen LogP) is -0.299. The Morgan fingerprint density at radius 2 is 2.27 bits per heavy atom. The minimum atomic E-state index is -0.297. The Morgan fingerprint density at radius 3 is 2.55 bits per heavy atom. The van der Waals surface area contributed by atoms with E-state index < -0.39 is 0 Å². The maximum Gasteiger partial charge on any atom is 0.314 e.